The van der Waals surface area contributed by atoms with Crippen LogP contribution in [0.25, 0.3) is 0 Å². The lowest BCUT2D eigenvalue weighted by molar-refractivity contribution is -0.116. The maximum Gasteiger partial charge on any atom is 0.224 e. The van der Waals surface area contributed by atoms with Gasteiger partial charge in [0.05, 0.1) is 0 Å². The normalized spacial score (nSPS) is 9.00. The van der Waals surface area contributed by atoms with Crippen molar-refractivity contribution in [3.05, 3.63) is 29.8 Å². The molecule has 2 nitrogen and oxygen atoms in total. The molecule has 0 saturated carbocycles. The Kier molecular flexibility index (Phi) is 5.97. The molecular formula is C11H16ClNO. The molecule has 0 aliphatic carbocycles. The van der Waals surface area contributed by atoms with Gasteiger partial charge < -0.3 is 5.32 Å². The molecule has 14 heavy (non-hydrogen) atoms. The van der Waals surface area contributed by atoms with Gasteiger partial charge in [-0.1, -0.05) is 24.6 Å². The number of hydrogen-bond donors (Lipinski definition) is 1. The van der Waals surface area contributed by atoms with Crippen LogP contribution in [0.3, 0.4) is 0 Å². The van der Waals surface area contributed by atoms with Crippen LogP contribution in [0.15, 0.2) is 24.3 Å². The Morgan fingerprint density at radius 2 is 1.86 bits per heavy atom. The second kappa shape index (κ2) is 6.44. The molecule has 0 saturated heterocycles. The highest BCUT2D eigenvalue weighted by atomic mass is 35.5. The van der Waals surface area contributed by atoms with Gasteiger partial charge in [0.15, 0.2) is 0 Å². The highest BCUT2D eigenvalue weighted by Gasteiger charge is 1.98. The van der Waals surface area contributed by atoms with Gasteiger partial charge in [0, 0.05) is 12.1 Å². The molecule has 0 fully saturated rings. The minimum absolute atomic E-state index is 0. The molecule has 0 radical (unpaired) electrons. The average Bonchev–Trinajstić information content (AvgIpc) is 2.09. The van der Waals surface area contributed by atoms with Gasteiger partial charge in [-0.3, -0.25) is 4.79 Å². The molecule has 0 atom stereocenters. The number of carbonyl (C=O) groups excluding carboxylic acids is 1. The van der Waals surface area contributed by atoms with E-state index in [2.05, 4.69) is 5.32 Å². The first-order valence-electron chi connectivity index (χ1n) is 4.59. The van der Waals surface area contributed by atoms with E-state index in [4.69, 9.17) is 0 Å². The number of halogens is 1. The summed E-state index contributed by atoms with van der Waals surface area (Å²) in [5, 5.41) is 2.83. The third kappa shape index (κ3) is 4.28. The first kappa shape index (κ1) is 13.0. The van der Waals surface area contributed by atoms with Crippen molar-refractivity contribution in [1.29, 1.82) is 0 Å². The van der Waals surface area contributed by atoms with E-state index in [1.54, 1.807) is 0 Å². The van der Waals surface area contributed by atoms with Gasteiger partial charge in [0.1, 0.15) is 0 Å². The van der Waals surface area contributed by atoms with Crippen LogP contribution in [0, 0.1) is 6.92 Å². The van der Waals surface area contributed by atoms with Crippen molar-refractivity contribution in [1.82, 2.24) is 0 Å². The number of carbonyl (C=O) groups is 1. The predicted molar refractivity (Wildman–Crippen MR) is 62.0 cm³/mol. The second-order valence-corrected chi connectivity index (χ2v) is 3.16. The Hall–Kier alpha value is -1.02. The zero-order valence-corrected chi connectivity index (χ0v) is 9.36. The number of aryl methyl sites for hydroxylation is 1. The van der Waals surface area contributed by atoms with E-state index in [0.717, 1.165) is 12.1 Å². The molecule has 0 aliphatic rings. The molecule has 1 rings (SSSR count). The molecule has 0 aromatic heterocycles. The lowest BCUT2D eigenvalue weighted by Gasteiger charge is -2.03. The van der Waals surface area contributed by atoms with E-state index < -0.39 is 0 Å². The first-order valence-corrected chi connectivity index (χ1v) is 4.59. The van der Waals surface area contributed by atoms with Gasteiger partial charge in [-0.25, -0.2) is 0 Å². The smallest absolute Gasteiger partial charge is 0.224 e. The van der Waals surface area contributed by atoms with E-state index in [1.807, 2.05) is 38.1 Å². The SMILES string of the molecule is CCCC(=O)Nc1ccc(C)cc1.Cl. The molecule has 1 N–H and O–H groups in total. The molecular weight excluding hydrogens is 198 g/mol. The molecule has 78 valence electrons. The maximum absolute atomic E-state index is 11.2. The van der Waals surface area contributed by atoms with Crippen molar-refractivity contribution in [3.63, 3.8) is 0 Å². The third-order valence-electron chi connectivity index (χ3n) is 1.81. The van der Waals surface area contributed by atoms with E-state index in [0.29, 0.717) is 6.42 Å². The van der Waals surface area contributed by atoms with Crippen molar-refractivity contribution < 1.29 is 4.79 Å². The van der Waals surface area contributed by atoms with Gasteiger partial charge in [-0.05, 0) is 25.5 Å². The summed E-state index contributed by atoms with van der Waals surface area (Å²) < 4.78 is 0. The monoisotopic (exact) mass is 213 g/mol. The number of anilines is 1. The van der Waals surface area contributed by atoms with Crippen LogP contribution in [0.5, 0.6) is 0 Å². The summed E-state index contributed by atoms with van der Waals surface area (Å²) in [6.45, 7) is 4.02. The third-order valence-corrected chi connectivity index (χ3v) is 1.81. The molecule has 0 aliphatic heterocycles. The van der Waals surface area contributed by atoms with Gasteiger partial charge >= 0.3 is 0 Å². The Bertz CT molecular complexity index is 282. The maximum atomic E-state index is 11.2. The molecule has 0 spiro atoms. The van der Waals surface area contributed by atoms with Gasteiger partial charge in [0.25, 0.3) is 0 Å². The average molecular weight is 214 g/mol. The van der Waals surface area contributed by atoms with E-state index in [-0.39, 0.29) is 18.3 Å². The summed E-state index contributed by atoms with van der Waals surface area (Å²) in [7, 11) is 0. The number of nitrogens with one attached hydrogen (secondary N) is 1. The standard InChI is InChI=1S/C11H15NO.ClH/c1-3-4-11(13)12-10-7-5-9(2)6-8-10;/h5-8H,3-4H2,1-2H3,(H,12,13);1H. The number of hydrogen-bond acceptors (Lipinski definition) is 1. The van der Waals surface area contributed by atoms with Gasteiger partial charge in [-0.2, -0.15) is 0 Å². The molecule has 3 heteroatoms. The van der Waals surface area contributed by atoms with Crippen LogP contribution in [-0.4, -0.2) is 5.91 Å². The van der Waals surface area contributed by atoms with Crippen molar-refractivity contribution in [3.8, 4) is 0 Å². The van der Waals surface area contributed by atoms with Crippen molar-refractivity contribution in [2.24, 2.45) is 0 Å². The Labute approximate surface area is 91.1 Å². The minimum Gasteiger partial charge on any atom is -0.326 e. The summed E-state index contributed by atoms with van der Waals surface area (Å²) >= 11 is 0. The Morgan fingerprint density at radius 1 is 1.29 bits per heavy atom. The molecule has 1 aromatic carbocycles. The second-order valence-electron chi connectivity index (χ2n) is 3.16. The van der Waals surface area contributed by atoms with Gasteiger partial charge in [-0.15, -0.1) is 12.4 Å². The van der Waals surface area contributed by atoms with Crippen LogP contribution in [0.1, 0.15) is 25.3 Å². The van der Waals surface area contributed by atoms with E-state index >= 15 is 0 Å². The van der Waals surface area contributed by atoms with Crippen LogP contribution < -0.4 is 5.32 Å². The number of benzene rings is 1. The number of amides is 1. The van der Waals surface area contributed by atoms with E-state index in [1.165, 1.54) is 5.56 Å². The van der Waals surface area contributed by atoms with Crippen molar-refractivity contribution in [2.45, 2.75) is 26.7 Å². The largest absolute Gasteiger partial charge is 0.326 e. The molecule has 1 amide bonds. The van der Waals surface area contributed by atoms with Crippen molar-refractivity contribution >= 4 is 24.0 Å². The van der Waals surface area contributed by atoms with Crippen LogP contribution in [0.4, 0.5) is 5.69 Å². The summed E-state index contributed by atoms with van der Waals surface area (Å²) in [4.78, 5) is 11.2. The predicted octanol–water partition coefficient (Wildman–Crippen LogP) is 3.16. The minimum atomic E-state index is 0. The zero-order valence-electron chi connectivity index (χ0n) is 8.54. The fraction of sp³-hybridized carbons (Fsp3) is 0.364. The zero-order chi connectivity index (χ0) is 9.68. The van der Waals surface area contributed by atoms with Crippen molar-refractivity contribution in [2.75, 3.05) is 5.32 Å². The fourth-order valence-corrected chi connectivity index (χ4v) is 1.09. The van der Waals surface area contributed by atoms with Gasteiger partial charge in [0.2, 0.25) is 5.91 Å². The van der Waals surface area contributed by atoms with E-state index in [9.17, 15) is 4.79 Å². The summed E-state index contributed by atoms with van der Waals surface area (Å²) in [6.07, 6.45) is 1.48. The molecule has 1 aromatic rings. The summed E-state index contributed by atoms with van der Waals surface area (Å²) in [5.41, 5.74) is 2.08. The Morgan fingerprint density at radius 3 is 2.36 bits per heavy atom. The highest BCUT2D eigenvalue weighted by molar-refractivity contribution is 5.90. The first-order chi connectivity index (χ1) is 6.22. The molecule has 0 unspecified atom stereocenters. The van der Waals surface area contributed by atoms with Crippen LogP contribution in [0.2, 0.25) is 0 Å². The van der Waals surface area contributed by atoms with Crippen LogP contribution in [-0.2, 0) is 4.79 Å². The quantitative estimate of drug-likeness (QED) is 0.821. The lowest BCUT2D eigenvalue weighted by atomic mass is 10.2. The fourth-order valence-electron chi connectivity index (χ4n) is 1.09. The number of rotatable bonds is 3. The topological polar surface area (TPSA) is 29.1 Å². The highest BCUT2D eigenvalue weighted by Crippen LogP contribution is 2.08. The van der Waals surface area contributed by atoms with Crippen LogP contribution >= 0.6 is 12.4 Å². The summed E-state index contributed by atoms with van der Waals surface area (Å²) in [6, 6.07) is 7.81. The molecule has 0 bridgehead atoms. The lowest BCUT2D eigenvalue weighted by Crippen LogP contribution is -2.10. The molecule has 0 heterocycles. The summed E-state index contributed by atoms with van der Waals surface area (Å²) in [5.74, 6) is 0.0892. The Balaban J connectivity index is 0.00000169.